The zero-order valence-corrected chi connectivity index (χ0v) is 16.0. The summed E-state index contributed by atoms with van der Waals surface area (Å²) in [6.45, 7) is 5.51. The third kappa shape index (κ3) is 4.09. The Morgan fingerprint density at radius 2 is 1.81 bits per heavy atom. The van der Waals surface area contributed by atoms with Crippen LogP contribution in [0.15, 0.2) is 42.5 Å². The molecule has 2 heterocycles. The quantitative estimate of drug-likeness (QED) is 0.784. The van der Waals surface area contributed by atoms with Crippen LogP contribution in [-0.4, -0.2) is 50.1 Å². The van der Waals surface area contributed by atoms with Crippen molar-refractivity contribution in [2.24, 2.45) is 0 Å². The first-order valence-corrected chi connectivity index (χ1v) is 9.79. The van der Waals surface area contributed by atoms with Crippen LogP contribution in [0, 0.1) is 5.82 Å². The summed E-state index contributed by atoms with van der Waals surface area (Å²) >= 11 is 6.09. The molecular weight excluding hydrogens is 365 g/mol. The van der Waals surface area contributed by atoms with Crippen molar-refractivity contribution >= 4 is 28.9 Å². The van der Waals surface area contributed by atoms with E-state index < -0.39 is 0 Å². The van der Waals surface area contributed by atoms with E-state index >= 15 is 0 Å². The number of carbonyl (C=O) groups is 1. The molecule has 27 heavy (non-hydrogen) atoms. The summed E-state index contributed by atoms with van der Waals surface area (Å²) in [6.07, 6.45) is 1.27. The standard InChI is InChI=1S/C21H23ClFN3O/c22-17-3-1-4-19(14-17)25-11-9-24(10-12-25)7-2-8-26-20-15-18(23)6-5-16(20)13-21(26)27/h1,3-6,14-15H,2,7-13H2. The van der Waals surface area contributed by atoms with Crippen LogP contribution < -0.4 is 9.80 Å². The molecule has 0 atom stereocenters. The molecule has 0 spiro atoms. The Hall–Kier alpha value is -2.11. The normalized spacial score (nSPS) is 17.5. The van der Waals surface area contributed by atoms with Gasteiger partial charge < -0.3 is 9.80 Å². The molecule has 0 bridgehead atoms. The van der Waals surface area contributed by atoms with Gasteiger partial charge in [0.15, 0.2) is 0 Å². The molecule has 4 rings (SSSR count). The first kappa shape index (κ1) is 18.3. The maximum Gasteiger partial charge on any atom is 0.231 e. The summed E-state index contributed by atoms with van der Waals surface area (Å²) in [7, 11) is 0. The highest BCUT2D eigenvalue weighted by Crippen LogP contribution is 2.29. The number of fused-ring (bicyclic) bond motifs is 1. The van der Waals surface area contributed by atoms with Crippen LogP contribution in [0.5, 0.6) is 0 Å². The number of hydrogen-bond acceptors (Lipinski definition) is 3. The van der Waals surface area contributed by atoms with Gasteiger partial charge in [0.1, 0.15) is 5.82 Å². The predicted molar refractivity (Wildman–Crippen MR) is 107 cm³/mol. The predicted octanol–water partition coefficient (Wildman–Crippen LogP) is 3.58. The van der Waals surface area contributed by atoms with E-state index in [4.69, 9.17) is 11.6 Å². The van der Waals surface area contributed by atoms with E-state index in [1.165, 1.54) is 17.8 Å². The number of amides is 1. The molecule has 4 nitrogen and oxygen atoms in total. The summed E-state index contributed by atoms with van der Waals surface area (Å²) in [5.41, 5.74) is 2.84. The molecule has 1 fully saturated rings. The fourth-order valence-corrected chi connectivity index (χ4v) is 4.12. The minimum Gasteiger partial charge on any atom is -0.369 e. The molecular formula is C21H23ClFN3O. The van der Waals surface area contributed by atoms with Crippen molar-refractivity contribution in [3.8, 4) is 0 Å². The van der Waals surface area contributed by atoms with Gasteiger partial charge in [0, 0.05) is 43.4 Å². The second-order valence-electron chi connectivity index (χ2n) is 7.16. The molecule has 1 saturated heterocycles. The number of rotatable bonds is 5. The number of anilines is 2. The second kappa shape index (κ2) is 7.87. The molecule has 0 radical (unpaired) electrons. The number of benzene rings is 2. The summed E-state index contributed by atoms with van der Waals surface area (Å²) in [6, 6.07) is 12.6. The minimum atomic E-state index is -0.286. The Bertz CT molecular complexity index is 836. The summed E-state index contributed by atoms with van der Waals surface area (Å²) in [5, 5.41) is 0.766. The number of piperazine rings is 1. The van der Waals surface area contributed by atoms with Gasteiger partial charge in [-0.3, -0.25) is 9.69 Å². The van der Waals surface area contributed by atoms with Crippen molar-refractivity contribution < 1.29 is 9.18 Å². The van der Waals surface area contributed by atoms with Gasteiger partial charge in [0.05, 0.1) is 12.1 Å². The monoisotopic (exact) mass is 387 g/mol. The lowest BCUT2D eigenvalue weighted by atomic mass is 10.1. The third-order valence-corrected chi connectivity index (χ3v) is 5.62. The largest absolute Gasteiger partial charge is 0.369 e. The molecule has 6 heteroatoms. The maximum absolute atomic E-state index is 13.5. The average Bonchev–Trinajstić information content (AvgIpc) is 2.97. The molecule has 0 unspecified atom stereocenters. The van der Waals surface area contributed by atoms with Gasteiger partial charge in [-0.05, 0) is 48.9 Å². The Balaban J connectivity index is 1.27. The van der Waals surface area contributed by atoms with Gasteiger partial charge in [0.25, 0.3) is 0 Å². The van der Waals surface area contributed by atoms with Crippen LogP contribution in [-0.2, 0) is 11.2 Å². The van der Waals surface area contributed by atoms with E-state index in [2.05, 4.69) is 15.9 Å². The van der Waals surface area contributed by atoms with E-state index in [1.807, 2.05) is 18.2 Å². The molecule has 2 aliphatic heterocycles. The van der Waals surface area contributed by atoms with Crippen LogP contribution in [0.1, 0.15) is 12.0 Å². The van der Waals surface area contributed by atoms with Crippen LogP contribution in [0.25, 0.3) is 0 Å². The lowest BCUT2D eigenvalue weighted by Gasteiger charge is -2.36. The Kier molecular flexibility index (Phi) is 5.32. The van der Waals surface area contributed by atoms with Gasteiger partial charge in [-0.25, -0.2) is 4.39 Å². The fraction of sp³-hybridized carbons (Fsp3) is 0.381. The zero-order valence-electron chi connectivity index (χ0n) is 15.2. The van der Waals surface area contributed by atoms with Gasteiger partial charge in [-0.2, -0.15) is 0 Å². The molecule has 2 aliphatic rings. The Morgan fingerprint density at radius 1 is 1.00 bits per heavy atom. The van der Waals surface area contributed by atoms with Crippen molar-refractivity contribution in [1.82, 2.24) is 4.90 Å². The lowest BCUT2D eigenvalue weighted by molar-refractivity contribution is -0.117. The van der Waals surface area contributed by atoms with Crippen molar-refractivity contribution in [3.63, 3.8) is 0 Å². The van der Waals surface area contributed by atoms with Crippen LogP contribution >= 0.6 is 11.6 Å². The zero-order chi connectivity index (χ0) is 18.8. The molecule has 2 aromatic rings. The van der Waals surface area contributed by atoms with Crippen molar-refractivity contribution in [2.75, 3.05) is 49.1 Å². The van der Waals surface area contributed by atoms with Gasteiger partial charge >= 0.3 is 0 Å². The van der Waals surface area contributed by atoms with E-state index in [9.17, 15) is 9.18 Å². The third-order valence-electron chi connectivity index (χ3n) is 5.38. The molecule has 0 saturated carbocycles. The highest BCUT2D eigenvalue weighted by atomic mass is 35.5. The molecule has 142 valence electrons. The number of carbonyl (C=O) groups excluding carboxylic acids is 1. The van der Waals surface area contributed by atoms with Crippen molar-refractivity contribution in [1.29, 1.82) is 0 Å². The Labute approximate surface area is 164 Å². The smallest absolute Gasteiger partial charge is 0.231 e. The average molecular weight is 388 g/mol. The number of nitrogens with zero attached hydrogens (tertiary/aromatic N) is 3. The first-order valence-electron chi connectivity index (χ1n) is 9.42. The highest BCUT2D eigenvalue weighted by Gasteiger charge is 2.27. The Morgan fingerprint density at radius 3 is 2.59 bits per heavy atom. The first-order chi connectivity index (χ1) is 13.1. The lowest BCUT2D eigenvalue weighted by Crippen LogP contribution is -2.47. The van der Waals surface area contributed by atoms with Crippen molar-refractivity contribution in [2.45, 2.75) is 12.8 Å². The number of hydrogen-bond donors (Lipinski definition) is 0. The van der Waals surface area contributed by atoms with Crippen LogP contribution in [0.2, 0.25) is 5.02 Å². The molecule has 0 aromatic heterocycles. The van der Waals surface area contributed by atoms with E-state index in [0.717, 1.165) is 55.4 Å². The maximum atomic E-state index is 13.5. The molecule has 0 aliphatic carbocycles. The SMILES string of the molecule is O=C1Cc2ccc(F)cc2N1CCCN1CCN(c2cccc(Cl)c2)CC1. The van der Waals surface area contributed by atoms with E-state index in [1.54, 1.807) is 11.0 Å². The van der Waals surface area contributed by atoms with Gasteiger partial charge in [0.2, 0.25) is 5.91 Å². The van der Waals surface area contributed by atoms with Crippen LogP contribution in [0.4, 0.5) is 15.8 Å². The van der Waals surface area contributed by atoms with Crippen LogP contribution in [0.3, 0.4) is 0 Å². The topological polar surface area (TPSA) is 26.8 Å². The van der Waals surface area contributed by atoms with Gasteiger partial charge in [-0.15, -0.1) is 0 Å². The van der Waals surface area contributed by atoms with E-state index in [-0.39, 0.29) is 11.7 Å². The fourth-order valence-electron chi connectivity index (χ4n) is 3.93. The molecule has 0 N–H and O–H groups in total. The molecule has 2 aromatic carbocycles. The van der Waals surface area contributed by atoms with E-state index in [0.29, 0.717) is 13.0 Å². The summed E-state index contributed by atoms with van der Waals surface area (Å²) < 4.78 is 13.5. The number of halogens is 2. The molecule has 1 amide bonds. The second-order valence-corrected chi connectivity index (χ2v) is 7.59. The van der Waals surface area contributed by atoms with Gasteiger partial charge in [-0.1, -0.05) is 23.7 Å². The summed E-state index contributed by atoms with van der Waals surface area (Å²) in [5.74, 6) is -0.216. The summed E-state index contributed by atoms with van der Waals surface area (Å²) in [4.78, 5) is 18.7. The van der Waals surface area contributed by atoms with Crippen molar-refractivity contribution in [3.05, 3.63) is 58.9 Å². The highest BCUT2D eigenvalue weighted by molar-refractivity contribution is 6.30. The minimum absolute atomic E-state index is 0.0707.